The molecule has 2 heterocycles. The van der Waals surface area contributed by atoms with Crippen molar-refractivity contribution in [1.29, 1.82) is 0 Å². The van der Waals surface area contributed by atoms with Crippen LogP contribution in [0.3, 0.4) is 0 Å². The largest absolute Gasteiger partial charge is 0.495 e. The van der Waals surface area contributed by atoms with E-state index in [1.54, 1.807) is 26.6 Å². The van der Waals surface area contributed by atoms with E-state index in [-0.39, 0.29) is 0 Å². The number of benzene rings is 2. The van der Waals surface area contributed by atoms with E-state index in [4.69, 9.17) is 26.8 Å². The van der Waals surface area contributed by atoms with E-state index in [1.807, 2.05) is 30.3 Å². The minimum absolute atomic E-state index is 0.513. The molecule has 0 spiro atoms. The van der Waals surface area contributed by atoms with Crippen LogP contribution >= 0.6 is 22.9 Å². The van der Waals surface area contributed by atoms with Crippen molar-refractivity contribution in [1.82, 2.24) is 15.2 Å². The molecule has 4 aromatic rings. The van der Waals surface area contributed by atoms with E-state index in [2.05, 4.69) is 15.2 Å². The molecule has 0 radical (unpaired) electrons. The Bertz CT molecular complexity index is 1150. The molecular weight excluding hydrogens is 384 g/mol. The fourth-order valence-electron chi connectivity index (χ4n) is 2.85. The second-order valence-corrected chi connectivity index (χ2v) is 7.15. The number of hydrogen-bond acceptors (Lipinski definition) is 7. The zero-order valence-electron chi connectivity index (χ0n) is 14.6. The number of aromatic nitrogens is 3. The van der Waals surface area contributed by atoms with Crippen LogP contribution in [0.15, 0.2) is 42.7 Å². The van der Waals surface area contributed by atoms with Gasteiger partial charge in [0.25, 0.3) is 0 Å². The molecule has 136 valence electrons. The van der Waals surface area contributed by atoms with Crippen LogP contribution in [0.1, 0.15) is 0 Å². The Morgan fingerprint density at radius 3 is 2.63 bits per heavy atom. The van der Waals surface area contributed by atoms with Crippen molar-refractivity contribution in [2.24, 2.45) is 0 Å². The van der Waals surface area contributed by atoms with Crippen molar-refractivity contribution in [3.8, 4) is 32.5 Å². The normalized spacial score (nSPS) is 10.9. The van der Waals surface area contributed by atoms with Crippen molar-refractivity contribution >= 4 is 39.5 Å². The highest BCUT2D eigenvalue weighted by molar-refractivity contribution is 7.16. The molecular formula is C19H15ClN4O2S. The monoisotopic (exact) mass is 398 g/mol. The average molecular weight is 399 g/mol. The van der Waals surface area contributed by atoms with Crippen LogP contribution in [0.2, 0.25) is 5.02 Å². The van der Waals surface area contributed by atoms with E-state index in [0.717, 1.165) is 32.1 Å². The maximum atomic E-state index is 6.40. The van der Waals surface area contributed by atoms with Crippen molar-refractivity contribution in [3.63, 3.8) is 0 Å². The molecule has 0 aliphatic carbocycles. The van der Waals surface area contributed by atoms with Crippen molar-refractivity contribution < 1.29 is 9.47 Å². The van der Waals surface area contributed by atoms with Gasteiger partial charge in [0.15, 0.2) is 5.06 Å². The fraction of sp³-hybridized carbons (Fsp3) is 0.105. The minimum Gasteiger partial charge on any atom is -0.495 e. The Balaban J connectivity index is 1.95. The smallest absolute Gasteiger partial charge is 0.194 e. The lowest BCUT2D eigenvalue weighted by Crippen LogP contribution is -1.93. The maximum absolute atomic E-state index is 6.40. The summed E-state index contributed by atoms with van der Waals surface area (Å²) >= 11 is 7.85. The highest BCUT2D eigenvalue weighted by atomic mass is 35.5. The van der Waals surface area contributed by atoms with Crippen LogP contribution in [0.4, 0.5) is 5.69 Å². The van der Waals surface area contributed by atoms with Crippen LogP contribution in [-0.4, -0.2) is 29.4 Å². The zero-order valence-corrected chi connectivity index (χ0v) is 16.1. The summed E-state index contributed by atoms with van der Waals surface area (Å²) in [6.07, 6.45) is 3.23. The number of rotatable bonds is 4. The van der Waals surface area contributed by atoms with Crippen LogP contribution < -0.4 is 15.2 Å². The zero-order chi connectivity index (χ0) is 19.0. The van der Waals surface area contributed by atoms with E-state index >= 15 is 0 Å². The van der Waals surface area contributed by atoms with Gasteiger partial charge in [-0.25, -0.2) is 4.98 Å². The summed E-state index contributed by atoms with van der Waals surface area (Å²) in [5, 5.41) is 11.0. The summed E-state index contributed by atoms with van der Waals surface area (Å²) in [7, 11) is 3.20. The topological polar surface area (TPSA) is 83.2 Å². The molecule has 0 unspecified atom stereocenters. The number of hydrogen-bond donors (Lipinski definition) is 1. The van der Waals surface area contributed by atoms with Gasteiger partial charge in [0.05, 0.1) is 42.8 Å². The van der Waals surface area contributed by atoms with Gasteiger partial charge in [-0.3, -0.25) is 0 Å². The van der Waals surface area contributed by atoms with Gasteiger partial charge in [0.1, 0.15) is 10.8 Å². The number of nitrogens with two attached hydrogens (primary N) is 1. The summed E-state index contributed by atoms with van der Waals surface area (Å²) in [6.45, 7) is 0. The van der Waals surface area contributed by atoms with Gasteiger partial charge in [-0.15, -0.1) is 0 Å². The first kappa shape index (κ1) is 17.5. The first-order chi connectivity index (χ1) is 13.1. The van der Waals surface area contributed by atoms with Crippen molar-refractivity contribution in [2.45, 2.75) is 0 Å². The average Bonchev–Trinajstić information content (AvgIpc) is 3.17. The molecule has 27 heavy (non-hydrogen) atoms. The SMILES string of the molecule is COc1cnc(-c2cc(OC)c(Cl)cc2-c2ccc3c(N)cnnc3c2)s1. The van der Waals surface area contributed by atoms with Gasteiger partial charge in [-0.2, -0.15) is 10.2 Å². The molecule has 0 saturated heterocycles. The molecule has 0 bridgehead atoms. The highest BCUT2D eigenvalue weighted by Gasteiger charge is 2.16. The third kappa shape index (κ3) is 3.15. The van der Waals surface area contributed by atoms with Crippen LogP contribution in [0.5, 0.6) is 10.8 Å². The third-order valence-electron chi connectivity index (χ3n) is 4.19. The molecule has 0 saturated carbocycles. The number of methoxy groups -OCH3 is 2. The summed E-state index contributed by atoms with van der Waals surface area (Å²) in [5.41, 5.74) is 10.0. The van der Waals surface area contributed by atoms with Gasteiger partial charge in [-0.1, -0.05) is 29.0 Å². The number of halogens is 1. The molecule has 8 heteroatoms. The van der Waals surface area contributed by atoms with Gasteiger partial charge in [0.2, 0.25) is 0 Å². The standard InChI is InChI=1S/C19H15ClN4O2S/c1-25-17-7-13(19-22-9-18(26-2)27-19)12(6-14(17)20)10-3-4-11-15(21)8-23-24-16(11)5-10/h3-9H,1-2H3,(H2,21,24). The van der Waals surface area contributed by atoms with Crippen LogP contribution in [0.25, 0.3) is 32.6 Å². The number of nitrogens with zero attached hydrogens (tertiary/aromatic N) is 3. The van der Waals surface area contributed by atoms with Gasteiger partial charge in [0, 0.05) is 10.9 Å². The number of ether oxygens (including phenoxy) is 2. The number of fused-ring (bicyclic) bond motifs is 1. The summed E-state index contributed by atoms with van der Waals surface area (Å²) in [6, 6.07) is 9.59. The predicted molar refractivity (Wildman–Crippen MR) is 109 cm³/mol. The van der Waals surface area contributed by atoms with Crippen LogP contribution in [-0.2, 0) is 0 Å². The van der Waals surface area contributed by atoms with Crippen LogP contribution in [0, 0.1) is 0 Å². The molecule has 2 N–H and O–H groups in total. The molecule has 0 amide bonds. The fourth-order valence-corrected chi connectivity index (χ4v) is 3.86. The maximum Gasteiger partial charge on any atom is 0.194 e. The lowest BCUT2D eigenvalue weighted by Gasteiger charge is -2.12. The van der Waals surface area contributed by atoms with E-state index in [0.29, 0.717) is 22.0 Å². The van der Waals surface area contributed by atoms with Gasteiger partial charge >= 0.3 is 0 Å². The molecule has 2 aromatic carbocycles. The lowest BCUT2D eigenvalue weighted by molar-refractivity contribution is 0.415. The Morgan fingerprint density at radius 2 is 1.89 bits per heavy atom. The Morgan fingerprint density at radius 1 is 1.04 bits per heavy atom. The summed E-state index contributed by atoms with van der Waals surface area (Å²) < 4.78 is 10.7. The molecule has 0 fully saturated rings. The predicted octanol–water partition coefficient (Wildman–Crippen LogP) is 4.67. The van der Waals surface area contributed by atoms with E-state index in [9.17, 15) is 0 Å². The van der Waals surface area contributed by atoms with Gasteiger partial charge in [-0.05, 0) is 35.4 Å². The molecule has 2 aromatic heterocycles. The second-order valence-electron chi connectivity index (χ2n) is 5.75. The van der Waals surface area contributed by atoms with E-state index < -0.39 is 0 Å². The first-order valence-electron chi connectivity index (χ1n) is 7.99. The molecule has 0 aliphatic rings. The highest BCUT2D eigenvalue weighted by Crippen LogP contribution is 2.42. The second kappa shape index (κ2) is 7.02. The Labute approximate surface area is 164 Å². The molecule has 4 rings (SSSR count). The Kier molecular flexibility index (Phi) is 4.55. The summed E-state index contributed by atoms with van der Waals surface area (Å²) in [5.74, 6) is 0.578. The minimum atomic E-state index is 0.513. The molecule has 0 atom stereocenters. The summed E-state index contributed by atoms with van der Waals surface area (Å²) in [4.78, 5) is 4.47. The quantitative estimate of drug-likeness (QED) is 0.537. The number of nitrogen functional groups attached to an aromatic ring is 1. The number of anilines is 1. The molecule has 6 nitrogen and oxygen atoms in total. The first-order valence-corrected chi connectivity index (χ1v) is 9.19. The van der Waals surface area contributed by atoms with Gasteiger partial charge < -0.3 is 15.2 Å². The van der Waals surface area contributed by atoms with E-state index in [1.165, 1.54) is 11.3 Å². The lowest BCUT2D eigenvalue weighted by atomic mass is 9.98. The Hall–Kier alpha value is -2.90. The van der Waals surface area contributed by atoms with Crippen molar-refractivity contribution in [3.05, 3.63) is 47.7 Å². The third-order valence-corrected chi connectivity index (χ3v) is 5.48. The van der Waals surface area contributed by atoms with Crippen molar-refractivity contribution in [2.75, 3.05) is 20.0 Å². The number of thiazole rings is 1. The molecule has 0 aliphatic heterocycles.